The van der Waals surface area contributed by atoms with Gasteiger partial charge in [0.15, 0.2) is 0 Å². The number of hydrogen-bond acceptors (Lipinski definition) is 6. The number of thioether (sulfide) groups is 1. The lowest BCUT2D eigenvalue weighted by atomic mass is 10.2. The topological polar surface area (TPSA) is 76.5 Å². The number of rotatable bonds is 4. The zero-order valence-electron chi connectivity index (χ0n) is 15.4. The molecule has 0 amide bonds. The van der Waals surface area contributed by atoms with Gasteiger partial charge in [-0.3, -0.25) is 0 Å². The van der Waals surface area contributed by atoms with E-state index in [1.807, 2.05) is 23.7 Å². The van der Waals surface area contributed by atoms with Crippen molar-refractivity contribution in [2.45, 2.75) is 5.50 Å². The molecule has 2 aliphatic heterocycles. The summed E-state index contributed by atoms with van der Waals surface area (Å²) >= 11 is 1.63. The number of benzene rings is 2. The van der Waals surface area contributed by atoms with E-state index >= 15 is 0 Å². The van der Waals surface area contributed by atoms with Gasteiger partial charge in [-0.1, -0.05) is 11.8 Å². The third kappa shape index (κ3) is 4.16. The minimum absolute atomic E-state index is 0. The molecule has 0 spiro atoms. The molecule has 0 bridgehead atoms. The number of anilines is 3. The molecule has 1 fully saturated rings. The minimum atomic E-state index is -0.0195. The van der Waals surface area contributed by atoms with E-state index in [9.17, 15) is 0 Å². The van der Waals surface area contributed by atoms with Crippen LogP contribution in [0.4, 0.5) is 17.1 Å². The summed E-state index contributed by atoms with van der Waals surface area (Å²) in [5.41, 5.74) is 9.73. The van der Waals surface area contributed by atoms with Crippen LogP contribution in [0.15, 0.2) is 60.1 Å². The van der Waals surface area contributed by atoms with E-state index in [-0.39, 0.29) is 11.0 Å². The molecule has 2 heterocycles. The van der Waals surface area contributed by atoms with Crippen molar-refractivity contribution >= 4 is 28.8 Å². The molecular formula is C20H26N4O2S. The summed E-state index contributed by atoms with van der Waals surface area (Å²) in [5.74, 6) is 0.901. The molecule has 1 saturated heterocycles. The molecule has 1 atom stereocenters. The third-order valence-electron chi connectivity index (χ3n) is 4.94. The van der Waals surface area contributed by atoms with Crippen molar-refractivity contribution in [3.8, 4) is 5.75 Å². The van der Waals surface area contributed by atoms with Crippen LogP contribution in [0.1, 0.15) is 0 Å². The Bertz CT molecular complexity index is 759. The first-order chi connectivity index (χ1) is 12.7. The maximum absolute atomic E-state index is 6.08. The second-order valence-corrected chi connectivity index (χ2v) is 7.43. The third-order valence-corrected chi connectivity index (χ3v) is 5.73. The first-order valence-electron chi connectivity index (χ1n) is 8.85. The second-order valence-electron chi connectivity index (χ2n) is 6.41. The van der Waals surface area contributed by atoms with E-state index in [4.69, 9.17) is 10.5 Å². The van der Waals surface area contributed by atoms with Gasteiger partial charge in [0.2, 0.25) is 0 Å². The van der Waals surface area contributed by atoms with Gasteiger partial charge >= 0.3 is 0 Å². The standard InChI is InChI=1S/C20H24N4OS.H2O/c1-25-19-8-6-17(7-9-19)23-12-10-22(11-13-23)16-2-4-18(5-3-16)24-14-15-26-20(24)21;/h2-9,14-15,20H,10-13,21H2,1H3;1H2. The van der Waals surface area contributed by atoms with Gasteiger partial charge in [0.25, 0.3) is 0 Å². The average Bonchev–Trinajstić information content (AvgIpc) is 3.14. The first kappa shape index (κ1) is 19.4. The van der Waals surface area contributed by atoms with Gasteiger partial charge in [-0.25, -0.2) is 0 Å². The average molecular weight is 387 g/mol. The number of nitrogens with zero attached hydrogens (tertiary/aromatic N) is 3. The fraction of sp³-hybridized carbons (Fsp3) is 0.300. The van der Waals surface area contributed by atoms with Crippen molar-refractivity contribution in [1.82, 2.24) is 0 Å². The Morgan fingerprint density at radius 1 is 0.852 bits per heavy atom. The second kappa shape index (κ2) is 8.56. The highest BCUT2D eigenvalue weighted by atomic mass is 32.2. The van der Waals surface area contributed by atoms with Crippen molar-refractivity contribution in [2.75, 3.05) is 48.0 Å². The SMILES string of the molecule is COc1ccc(N2CCN(c3ccc(N4C=CSC4N)cc3)CC2)cc1.O. The van der Waals surface area contributed by atoms with E-state index in [0.717, 1.165) is 37.6 Å². The molecule has 2 aliphatic rings. The molecule has 4 N–H and O–H groups in total. The summed E-state index contributed by atoms with van der Waals surface area (Å²) in [6.45, 7) is 4.07. The van der Waals surface area contributed by atoms with Crippen LogP contribution >= 0.6 is 11.8 Å². The van der Waals surface area contributed by atoms with Crippen molar-refractivity contribution in [2.24, 2.45) is 5.73 Å². The van der Waals surface area contributed by atoms with Crippen molar-refractivity contribution < 1.29 is 10.2 Å². The number of methoxy groups -OCH3 is 1. The van der Waals surface area contributed by atoms with Crippen LogP contribution in [0.5, 0.6) is 5.75 Å². The molecule has 4 rings (SSSR count). The highest BCUT2D eigenvalue weighted by molar-refractivity contribution is 8.03. The highest BCUT2D eigenvalue weighted by Crippen LogP contribution is 2.30. The molecule has 0 radical (unpaired) electrons. The van der Waals surface area contributed by atoms with Gasteiger partial charge in [-0.2, -0.15) is 0 Å². The number of piperazine rings is 1. The highest BCUT2D eigenvalue weighted by Gasteiger charge is 2.19. The summed E-state index contributed by atoms with van der Waals surface area (Å²) in [6.07, 6.45) is 2.04. The molecule has 2 aromatic carbocycles. The molecular weight excluding hydrogens is 360 g/mol. The summed E-state index contributed by atoms with van der Waals surface area (Å²) in [5, 5.41) is 2.04. The summed E-state index contributed by atoms with van der Waals surface area (Å²) in [7, 11) is 1.70. The van der Waals surface area contributed by atoms with Gasteiger partial charge in [-0.05, 0) is 53.9 Å². The van der Waals surface area contributed by atoms with E-state index in [1.165, 1.54) is 11.4 Å². The van der Waals surface area contributed by atoms with Gasteiger partial charge in [0.1, 0.15) is 11.2 Å². The van der Waals surface area contributed by atoms with Crippen molar-refractivity contribution in [1.29, 1.82) is 0 Å². The van der Waals surface area contributed by atoms with E-state index in [2.05, 4.69) is 51.1 Å². The molecule has 1 unspecified atom stereocenters. The van der Waals surface area contributed by atoms with Crippen LogP contribution in [-0.4, -0.2) is 44.3 Å². The Kier molecular flexibility index (Phi) is 6.15. The Labute approximate surface area is 164 Å². The fourth-order valence-corrected chi connectivity index (χ4v) is 4.10. The smallest absolute Gasteiger partial charge is 0.133 e. The first-order valence-corrected chi connectivity index (χ1v) is 9.79. The zero-order chi connectivity index (χ0) is 17.9. The summed E-state index contributed by atoms with van der Waals surface area (Å²) in [6, 6.07) is 17.0. The predicted molar refractivity (Wildman–Crippen MR) is 115 cm³/mol. The largest absolute Gasteiger partial charge is 0.497 e. The maximum Gasteiger partial charge on any atom is 0.133 e. The molecule has 6 nitrogen and oxygen atoms in total. The molecule has 7 heteroatoms. The molecule has 0 saturated carbocycles. The molecule has 27 heavy (non-hydrogen) atoms. The lowest BCUT2D eigenvalue weighted by Crippen LogP contribution is -2.46. The fourth-order valence-electron chi connectivity index (χ4n) is 3.42. The van der Waals surface area contributed by atoms with Crippen molar-refractivity contribution in [3.05, 3.63) is 60.1 Å². The number of hydrogen-bond donors (Lipinski definition) is 1. The molecule has 0 aromatic heterocycles. The van der Waals surface area contributed by atoms with Crippen molar-refractivity contribution in [3.63, 3.8) is 0 Å². The molecule has 0 aliphatic carbocycles. The predicted octanol–water partition coefficient (Wildman–Crippen LogP) is 2.46. The maximum atomic E-state index is 6.08. The van der Waals surface area contributed by atoms with E-state index in [0.29, 0.717) is 0 Å². The van der Waals surface area contributed by atoms with E-state index in [1.54, 1.807) is 18.9 Å². The van der Waals surface area contributed by atoms with E-state index < -0.39 is 0 Å². The van der Waals surface area contributed by atoms with Crippen LogP contribution in [0.3, 0.4) is 0 Å². The number of nitrogens with two attached hydrogens (primary N) is 1. The van der Waals surface area contributed by atoms with Crippen LogP contribution in [0, 0.1) is 0 Å². The summed E-state index contributed by atoms with van der Waals surface area (Å²) in [4.78, 5) is 6.96. The molecule has 144 valence electrons. The summed E-state index contributed by atoms with van der Waals surface area (Å²) < 4.78 is 5.24. The van der Waals surface area contributed by atoms with Gasteiger partial charge in [0.05, 0.1) is 7.11 Å². The lowest BCUT2D eigenvalue weighted by Gasteiger charge is -2.37. The lowest BCUT2D eigenvalue weighted by molar-refractivity contribution is 0.415. The Balaban J connectivity index is 0.00000210. The van der Waals surface area contributed by atoms with Crippen LogP contribution in [0.2, 0.25) is 0 Å². The monoisotopic (exact) mass is 386 g/mol. The van der Waals surface area contributed by atoms with Crippen LogP contribution in [-0.2, 0) is 0 Å². The Hall–Kier alpha value is -2.35. The Morgan fingerprint density at radius 2 is 1.33 bits per heavy atom. The van der Waals surface area contributed by atoms with Crippen LogP contribution < -0.4 is 25.2 Å². The molecule has 2 aromatic rings. The van der Waals surface area contributed by atoms with Crippen LogP contribution in [0.25, 0.3) is 0 Å². The quantitative estimate of drug-likeness (QED) is 0.870. The normalized spacial score (nSPS) is 19.2. The van der Waals surface area contributed by atoms with Gasteiger partial charge < -0.3 is 30.6 Å². The zero-order valence-corrected chi connectivity index (χ0v) is 16.2. The van der Waals surface area contributed by atoms with Gasteiger partial charge in [0, 0.05) is 49.4 Å². The minimum Gasteiger partial charge on any atom is -0.497 e. The van der Waals surface area contributed by atoms with Gasteiger partial charge in [-0.15, -0.1) is 0 Å². The Morgan fingerprint density at radius 3 is 1.78 bits per heavy atom. The number of ether oxygens (including phenoxy) is 1.